The van der Waals surface area contributed by atoms with E-state index < -0.39 is 12.1 Å². The van der Waals surface area contributed by atoms with Crippen molar-refractivity contribution >= 4 is 16.9 Å². The smallest absolute Gasteiger partial charge is 0.344 e. The normalized spacial score (nSPS) is 11.7. The van der Waals surface area contributed by atoms with Gasteiger partial charge in [0.05, 0.1) is 11.2 Å². The SMILES string of the molecule is CCCC(Oc1cccc(COc2cccc(OCc3ccc4ccccc4n3)c2)c1)C(=O)O. The van der Waals surface area contributed by atoms with E-state index in [-0.39, 0.29) is 0 Å². The average molecular weight is 458 g/mol. The maximum atomic E-state index is 11.4. The standard InChI is InChI=1S/C28H27NO5/c1-2-7-27(28(30)31)34-25-12-5-8-20(16-25)18-32-23-10-6-11-24(17-23)33-19-22-15-14-21-9-3-4-13-26(21)29-22/h3-6,8-17,27H,2,7,18-19H2,1H3,(H,30,31). The lowest BCUT2D eigenvalue weighted by Gasteiger charge is -2.15. The fraction of sp³-hybridized carbons (Fsp3) is 0.214. The highest BCUT2D eigenvalue weighted by atomic mass is 16.5. The van der Waals surface area contributed by atoms with Gasteiger partial charge in [0, 0.05) is 11.5 Å². The molecule has 0 radical (unpaired) electrons. The molecule has 0 bridgehead atoms. The first-order chi connectivity index (χ1) is 16.6. The summed E-state index contributed by atoms with van der Waals surface area (Å²) >= 11 is 0. The molecule has 0 fully saturated rings. The molecule has 1 heterocycles. The third-order valence-electron chi connectivity index (χ3n) is 5.26. The molecule has 3 aromatic carbocycles. The molecule has 0 aliphatic carbocycles. The summed E-state index contributed by atoms with van der Waals surface area (Å²) in [5, 5.41) is 10.4. The van der Waals surface area contributed by atoms with Gasteiger partial charge in [0.15, 0.2) is 6.10 Å². The number of nitrogens with zero attached hydrogens (tertiary/aromatic N) is 1. The topological polar surface area (TPSA) is 77.9 Å². The van der Waals surface area contributed by atoms with Crippen LogP contribution in [0.15, 0.2) is 84.9 Å². The minimum Gasteiger partial charge on any atom is -0.489 e. The minimum absolute atomic E-state index is 0.318. The van der Waals surface area contributed by atoms with E-state index in [1.54, 1.807) is 12.1 Å². The van der Waals surface area contributed by atoms with Crippen molar-refractivity contribution in [2.24, 2.45) is 0 Å². The summed E-state index contributed by atoms with van der Waals surface area (Å²) in [6.07, 6.45) is 0.333. The lowest BCUT2D eigenvalue weighted by Crippen LogP contribution is -2.26. The van der Waals surface area contributed by atoms with Gasteiger partial charge in [-0.3, -0.25) is 0 Å². The van der Waals surface area contributed by atoms with Crippen molar-refractivity contribution in [2.45, 2.75) is 39.1 Å². The van der Waals surface area contributed by atoms with Gasteiger partial charge in [0.25, 0.3) is 0 Å². The number of fused-ring (bicyclic) bond motifs is 1. The second-order valence-electron chi connectivity index (χ2n) is 7.93. The first-order valence-electron chi connectivity index (χ1n) is 11.3. The number of benzene rings is 3. The molecule has 0 aliphatic heterocycles. The summed E-state index contributed by atoms with van der Waals surface area (Å²) in [5.41, 5.74) is 2.67. The number of ether oxygens (including phenoxy) is 3. The number of pyridine rings is 1. The molecule has 1 unspecified atom stereocenters. The third-order valence-corrected chi connectivity index (χ3v) is 5.26. The summed E-state index contributed by atoms with van der Waals surface area (Å²) in [5.74, 6) is 0.916. The van der Waals surface area contributed by atoms with Gasteiger partial charge >= 0.3 is 5.97 Å². The highest BCUT2D eigenvalue weighted by Crippen LogP contribution is 2.23. The van der Waals surface area contributed by atoms with Crippen LogP contribution in [0.3, 0.4) is 0 Å². The van der Waals surface area contributed by atoms with Crippen molar-refractivity contribution in [3.63, 3.8) is 0 Å². The van der Waals surface area contributed by atoms with Crippen LogP contribution in [0, 0.1) is 0 Å². The fourth-order valence-corrected chi connectivity index (χ4v) is 3.53. The number of aliphatic carboxylic acids is 1. The highest BCUT2D eigenvalue weighted by Gasteiger charge is 2.18. The molecule has 0 aliphatic rings. The van der Waals surface area contributed by atoms with E-state index in [2.05, 4.69) is 4.98 Å². The Morgan fingerprint density at radius 2 is 1.59 bits per heavy atom. The van der Waals surface area contributed by atoms with Crippen LogP contribution in [-0.2, 0) is 18.0 Å². The molecule has 1 aromatic heterocycles. The number of carboxylic acid groups (broad SMARTS) is 1. The number of carboxylic acids is 1. The Morgan fingerprint density at radius 1 is 0.853 bits per heavy atom. The predicted octanol–water partition coefficient (Wildman–Crippen LogP) is 6.02. The van der Waals surface area contributed by atoms with E-state index in [0.717, 1.165) is 28.6 Å². The molecule has 1 N–H and O–H groups in total. The Labute approximate surface area is 198 Å². The van der Waals surface area contributed by atoms with Gasteiger partial charge in [0.2, 0.25) is 0 Å². The second-order valence-corrected chi connectivity index (χ2v) is 7.93. The number of hydrogen-bond acceptors (Lipinski definition) is 5. The van der Waals surface area contributed by atoms with Gasteiger partial charge in [-0.25, -0.2) is 9.78 Å². The summed E-state index contributed by atoms with van der Waals surface area (Å²) in [7, 11) is 0. The van der Waals surface area contributed by atoms with E-state index in [9.17, 15) is 9.90 Å². The van der Waals surface area contributed by atoms with Gasteiger partial charge in [-0.15, -0.1) is 0 Å². The maximum Gasteiger partial charge on any atom is 0.344 e. The molecule has 1 atom stereocenters. The Balaban J connectivity index is 1.34. The fourth-order valence-electron chi connectivity index (χ4n) is 3.53. The monoisotopic (exact) mass is 457 g/mol. The van der Waals surface area contributed by atoms with Gasteiger partial charge < -0.3 is 19.3 Å². The summed E-state index contributed by atoms with van der Waals surface area (Å²) in [6.45, 7) is 2.61. The van der Waals surface area contributed by atoms with Crippen LogP contribution in [0.5, 0.6) is 17.2 Å². The summed E-state index contributed by atoms with van der Waals surface area (Å²) < 4.78 is 17.5. The summed E-state index contributed by atoms with van der Waals surface area (Å²) in [4.78, 5) is 16.0. The Bertz CT molecular complexity index is 1260. The zero-order chi connectivity index (χ0) is 23.8. The molecule has 4 rings (SSSR count). The molecule has 0 amide bonds. The van der Waals surface area contributed by atoms with E-state index in [0.29, 0.717) is 36.9 Å². The predicted molar refractivity (Wildman–Crippen MR) is 130 cm³/mol. The lowest BCUT2D eigenvalue weighted by molar-refractivity contribution is -0.145. The van der Waals surface area contributed by atoms with Crippen LogP contribution in [0.2, 0.25) is 0 Å². The van der Waals surface area contributed by atoms with E-state index >= 15 is 0 Å². The van der Waals surface area contributed by atoms with E-state index in [4.69, 9.17) is 14.2 Å². The number of hydrogen-bond donors (Lipinski definition) is 1. The largest absolute Gasteiger partial charge is 0.489 e. The molecule has 4 aromatic rings. The molecule has 174 valence electrons. The second kappa shape index (κ2) is 11.2. The molecule has 34 heavy (non-hydrogen) atoms. The van der Waals surface area contributed by atoms with Crippen molar-refractivity contribution in [1.29, 1.82) is 0 Å². The number of para-hydroxylation sites is 1. The first kappa shape index (κ1) is 23.1. The molecule has 0 saturated heterocycles. The van der Waals surface area contributed by atoms with Crippen molar-refractivity contribution in [1.82, 2.24) is 4.98 Å². The van der Waals surface area contributed by atoms with Crippen LogP contribution >= 0.6 is 0 Å². The van der Waals surface area contributed by atoms with Crippen LogP contribution in [-0.4, -0.2) is 22.2 Å². The van der Waals surface area contributed by atoms with E-state index in [1.807, 2.05) is 79.7 Å². The van der Waals surface area contributed by atoms with Crippen LogP contribution in [0.4, 0.5) is 0 Å². The minimum atomic E-state index is -0.959. The van der Waals surface area contributed by atoms with Crippen LogP contribution in [0.25, 0.3) is 10.9 Å². The Hall–Kier alpha value is -4.06. The number of rotatable bonds is 11. The first-order valence-corrected chi connectivity index (χ1v) is 11.3. The van der Waals surface area contributed by atoms with Crippen molar-refractivity contribution in [2.75, 3.05) is 0 Å². The molecule has 6 nitrogen and oxygen atoms in total. The molecular weight excluding hydrogens is 430 g/mol. The molecule has 6 heteroatoms. The molecular formula is C28H27NO5. The zero-order valence-corrected chi connectivity index (χ0v) is 19.0. The van der Waals surface area contributed by atoms with Crippen molar-refractivity contribution in [3.05, 3.63) is 96.2 Å². The number of carbonyl (C=O) groups is 1. The zero-order valence-electron chi connectivity index (χ0n) is 19.0. The van der Waals surface area contributed by atoms with Crippen LogP contribution < -0.4 is 14.2 Å². The van der Waals surface area contributed by atoms with E-state index in [1.165, 1.54) is 0 Å². The average Bonchev–Trinajstić information content (AvgIpc) is 2.86. The quantitative estimate of drug-likeness (QED) is 0.297. The summed E-state index contributed by atoms with van der Waals surface area (Å²) in [6, 6.07) is 26.7. The highest BCUT2D eigenvalue weighted by molar-refractivity contribution is 5.78. The van der Waals surface area contributed by atoms with Gasteiger partial charge in [-0.2, -0.15) is 0 Å². The van der Waals surface area contributed by atoms with Crippen molar-refractivity contribution < 1.29 is 24.1 Å². The molecule has 0 spiro atoms. The number of aromatic nitrogens is 1. The lowest BCUT2D eigenvalue weighted by atomic mass is 10.2. The Morgan fingerprint density at radius 3 is 2.38 bits per heavy atom. The van der Waals surface area contributed by atoms with Gasteiger partial charge in [-0.05, 0) is 48.4 Å². The molecule has 0 saturated carbocycles. The van der Waals surface area contributed by atoms with Crippen LogP contribution in [0.1, 0.15) is 31.0 Å². The van der Waals surface area contributed by atoms with Crippen molar-refractivity contribution in [3.8, 4) is 17.2 Å². The van der Waals surface area contributed by atoms with Gasteiger partial charge in [0.1, 0.15) is 30.5 Å². The maximum absolute atomic E-state index is 11.4. The van der Waals surface area contributed by atoms with Gasteiger partial charge in [-0.1, -0.05) is 55.8 Å². The third kappa shape index (κ3) is 6.25. The Kier molecular flexibility index (Phi) is 7.60.